The van der Waals surface area contributed by atoms with Crippen molar-refractivity contribution >= 4 is 39.2 Å². The normalized spacial score (nSPS) is 19.1. The number of carbonyl (C=O) groups is 1. The number of hydrogen-bond donors (Lipinski definition) is 1. The van der Waals surface area contributed by atoms with E-state index in [0.717, 1.165) is 41.1 Å². The van der Waals surface area contributed by atoms with Crippen molar-refractivity contribution in [2.75, 3.05) is 6.54 Å². The molecule has 2 aromatic heterocycles. The zero-order valence-electron chi connectivity index (χ0n) is 15.9. The van der Waals surface area contributed by atoms with Crippen LogP contribution in [-0.2, 0) is 10.5 Å². The van der Waals surface area contributed by atoms with E-state index in [1.807, 2.05) is 20.8 Å². The van der Waals surface area contributed by atoms with Crippen LogP contribution in [0.1, 0.15) is 55.8 Å². The van der Waals surface area contributed by atoms with Gasteiger partial charge in [0, 0.05) is 17.5 Å². The van der Waals surface area contributed by atoms with Crippen LogP contribution in [0.5, 0.6) is 0 Å². The minimum Gasteiger partial charge on any atom is -0.339 e. The minimum atomic E-state index is -0.130. The lowest BCUT2D eigenvalue weighted by atomic mass is 10.00. The molecule has 2 aromatic rings. The Balaban J connectivity index is 1.69. The number of hydrogen-bond acceptors (Lipinski definition) is 5. The zero-order valence-corrected chi connectivity index (χ0v) is 17.6. The minimum absolute atomic E-state index is 0.0755. The molecular weight excluding hydrogens is 366 g/mol. The quantitative estimate of drug-likeness (QED) is 0.833. The number of aromatic nitrogens is 2. The number of carbonyl (C=O) groups excluding carboxylic acids is 1. The number of amides is 1. The number of thiophene rings is 1. The van der Waals surface area contributed by atoms with Gasteiger partial charge >= 0.3 is 0 Å². The second kappa shape index (κ2) is 8.13. The molecule has 1 aliphatic rings. The van der Waals surface area contributed by atoms with E-state index in [0.29, 0.717) is 23.0 Å². The second-order valence-corrected chi connectivity index (χ2v) is 9.55. The highest BCUT2D eigenvalue weighted by molar-refractivity contribution is 7.99. The van der Waals surface area contributed by atoms with E-state index < -0.39 is 0 Å². The maximum Gasteiger partial charge on any atom is 0.259 e. The molecule has 1 amide bonds. The number of aromatic amines is 1. The lowest BCUT2D eigenvalue weighted by Crippen LogP contribution is -2.46. The fourth-order valence-corrected chi connectivity index (χ4v) is 5.46. The van der Waals surface area contributed by atoms with Crippen LogP contribution in [0.4, 0.5) is 0 Å². The molecule has 0 aromatic carbocycles. The summed E-state index contributed by atoms with van der Waals surface area (Å²) in [5.41, 5.74) is 0.936. The van der Waals surface area contributed by atoms with Crippen molar-refractivity contribution in [2.45, 2.75) is 70.4 Å². The van der Waals surface area contributed by atoms with Crippen LogP contribution in [0.15, 0.2) is 4.79 Å². The summed E-state index contributed by atoms with van der Waals surface area (Å²) in [6.45, 7) is 8.96. The zero-order chi connectivity index (χ0) is 18.8. The van der Waals surface area contributed by atoms with E-state index in [1.54, 1.807) is 23.1 Å². The van der Waals surface area contributed by atoms with Gasteiger partial charge in [-0.05, 0) is 52.0 Å². The van der Waals surface area contributed by atoms with Gasteiger partial charge in [-0.3, -0.25) is 9.59 Å². The van der Waals surface area contributed by atoms with Gasteiger partial charge in [-0.1, -0.05) is 6.92 Å². The highest BCUT2D eigenvalue weighted by Gasteiger charge is 2.28. The maximum atomic E-state index is 12.8. The third-order valence-corrected chi connectivity index (χ3v) is 7.53. The first-order chi connectivity index (χ1) is 12.4. The lowest BCUT2D eigenvalue weighted by molar-refractivity contribution is -0.134. The number of rotatable bonds is 5. The summed E-state index contributed by atoms with van der Waals surface area (Å²) < 4.78 is 0. The van der Waals surface area contributed by atoms with Crippen LogP contribution in [-0.4, -0.2) is 38.6 Å². The number of aryl methyl sites for hydroxylation is 2. The van der Waals surface area contributed by atoms with E-state index in [4.69, 9.17) is 0 Å². The van der Waals surface area contributed by atoms with Crippen molar-refractivity contribution in [3.8, 4) is 0 Å². The van der Waals surface area contributed by atoms with Gasteiger partial charge < -0.3 is 9.88 Å². The van der Waals surface area contributed by atoms with Crippen LogP contribution < -0.4 is 5.56 Å². The predicted molar refractivity (Wildman–Crippen MR) is 110 cm³/mol. The highest BCUT2D eigenvalue weighted by Crippen LogP contribution is 2.27. The SMILES string of the molecule is CCC1CCCCN1C(=O)C(C)SCc1nc2sc(C)c(C)c2c(=O)[nH]1. The third-order valence-electron chi connectivity index (χ3n) is 5.29. The summed E-state index contributed by atoms with van der Waals surface area (Å²) in [5, 5.41) is 0.569. The Bertz CT molecular complexity index is 858. The van der Waals surface area contributed by atoms with Crippen molar-refractivity contribution in [2.24, 2.45) is 0 Å². The third kappa shape index (κ3) is 3.83. The van der Waals surface area contributed by atoms with Crippen LogP contribution in [0.3, 0.4) is 0 Å². The number of piperidine rings is 1. The van der Waals surface area contributed by atoms with Gasteiger partial charge in [-0.15, -0.1) is 23.1 Å². The molecule has 0 saturated carbocycles. The Labute approximate surface area is 162 Å². The molecule has 1 saturated heterocycles. The van der Waals surface area contributed by atoms with Crippen LogP contribution in [0, 0.1) is 13.8 Å². The summed E-state index contributed by atoms with van der Waals surface area (Å²) in [7, 11) is 0. The van der Waals surface area contributed by atoms with E-state index >= 15 is 0 Å². The van der Waals surface area contributed by atoms with E-state index in [9.17, 15) is 9.59 Å². The van der Waals surface area contributed by atoms with Gasteiger partial charge in [0.05, 0.1) is 16.4 Å². The smallest absolute Gasteiger partial charge is 0.259 e. The number of H-pyrrole nitrogens is 1. The molecule has 3 heterocycles. The maximum absolute atomic E-state index is 12.8. The Morgan fingerprint density at radius 1 is 1.42 bits per heavy atom. The summed E-state index contributed by atoms with van der Waals surface area (Å²) in [6.07, 6.45) is 4.45. The molecule has 142 valence electrons. The molecule has 1 N–H and O–H groups in total. The summed E-state index contributed by atoms with van der Waals surface area (Å²) in [6, 6.07) is 0.380. The molecule has 0 bridgehead atoms. The Kier molecular flexibility index (Phi) is 6.07. The van der Waals surface area contributed by atoms with Crippen LogP contribution in [0.25, 0.3) is 10.2 Å². The number of fused-ring (bicyclic) bond motifs is 1. The van der Waals surface area contributed by atoms with Gasteiger partial charge in [-0.2, -0.15) is 0 Å². The van der Waals surface area contributed by atoms with Gasteiger partial charge in [-0.25, -0.2) is 4.98 Å². The molecular formula is C19H27N3O2S2. The van der Waals surface area contributed by atoms with Crippen LogP contribution >= 0.6 is 23.1 Å². The topological polar surface area (TPSA) is 66.1 Å². The van der Waals surface area contributed by atoms with E-state index in [1.165, 1.54) is 6.42 Å². The largest absolute Gasteiger partial charge is 0.339 e. The van der Waals surface area contributed by atoms with Crippen LogP contribution in [0.2, 0.25) is 0 Å². The molecule has 26 heavy (non-hydrogen) atoms. The van der Waals surface area contributed by atoms with Gasteiger partial charge in [0.25, 0.3) is 5.56 Å². The van der Waals surface area contributed by atoms with Crippen molar-refractivity contribution in [1.29, 1.82) is 0 Å². The summed E-state index contributed by atoms with van der Waals surface area (Å²) >= 11 is 3.11. The van der Waals surface area contributed by atoms with Gasteiger partial charge in [0.15, 0.2) is 0 Å². The molecule has 7 heteroatoms. The Hall–Kier alpha value is -1.34. The monoisotopic (exact) mass is 393 g/mol. The fourth-order valence-electron chi connectivity index (χ4n) is 3.59. The first kappa shape index (κ1) is 19.4. The lowest BCUT2D eigenvalue weighted by Gasteiger charge is -2.36. The highest BCUT2D eigenvalue weighted by atomic mass is 32.2. The summed E-state index contributed by atoms with van der Waals surface area (Å²) in [4.78, 5) is 36.7. The van der Waals surface area contributed by atoms with E-state index in [-0.39, 0.29) is 16.7 Å². The molecule has 2 unspecified atom stereocenters. The molecule has 3 rings (SSSR count). The average molecular weight is 394 g/mol. The molecule has 1 aliphatic heterocycles. The Morgan fingerprint density at radius 3 is 2.92 bits per heavy atom. The van der Waals surface area contributed by atoms with E-state index in [2.05, 4.69) is 21.8 Å². The average Bonchev–Trinajstić information content (AvgIpc) is 2.93. The predicted octanol–water partition coefficient (Wildman–Crippen LogP) is 4.01. The summed E-state index contributed by atoms with van der Waals surface area (Å²) in [5.74, 6) is 1.41. The van der Waals surface area contributed by atoms with Crippen molar-refractivity contribution in [1.82, 2.24) is 14.9 Å². The Morgan fingerprint density at radius 2 is 2.19 bits per heavy atom. The first-order valence-corrected chi connectivity index (χ1v) is 11.2. The standard InChI is InChI=1S/C19H27N3O2S2/c1-5-14-8-6-7-9-22(14)19(24)13(4)25-10-15-20-17(23)16-11(2)12(3)26-18(16)21-15/h13-14H,5-10H2,1-4H3,(H,20,21,23). The number of nitrogens with zero attached hydrogens (tertiary/aromatic N) is 2. The molecule has 1 fully saturated rings. The number of thioether (sulfide) groups is 1. The molecule has 0 aliphatic carbocycles. The number of nitrogens with one attached hydrogen (secondary N) is 1. The van der Waals surface area contributed by atoms with Crippen molar-refractivity contribution in [3.05, 3.63) is 26.6 Å². The molecule has 0 spiro atoms. The fraction of sp³-hybridized carbons (Fsp3) is 0.632. The van der Waals surface area contributed by atoms with Crippen molar-refractivity contribution in [3.63, 3.8) is 0 Å². The second-order valence-electron chi connectivity index (χ2n) is 7.02. The molecule has 2 atom stereocenters. The van der Waals surface area contributed by atoms with Crippen molar-refractivity contribution < 1.29 is 4.79 Å². The molecule has 0 radical (unpaired) electrons. The van der Waals surface area contributed by atoms with Gasteiger partial charge in [0.2, 0.25) is 5.91 Å². The number of likely N-dealkylation sites (tertiary alicyclic amines) is 1. The van der Waals surface area contributed by atoms with Gasteiger partial charge in [0.1, 0.15) is 10.7 Å². The molecule has 5 nitrogen and oxygen atoms in total. The first-order valence-electron chi connectivity index (χ1n) is 9.33.